The smallest absolute Gasteiger partial charge is 0.267 e. The molecule has 0 radical (unpaired) electrons. The summed E-state index contributed by atoms with van der Waals surface area (Å²) in [7, 11) is 0. The largest absolute Gasteiger partial charge is 0.351 e. The van der Waals surface area contributed by atoms with Crippen molar-refractivity contribution in [2.45, 2.75) is 52.5 Å². The Bertz CT molecular complexity index is 580. The maximum Gasteiger partial charge on any atom is 0.267 e. The average Bonchev–Trinajstić information content (AvgIpc) is 2.85. The number of nitrogens with one attached hydrogen (secondary N) is 2. The third kappa shape index (κ3) is 3.21. The highest BCUT2D eigenvalue weighted by Crippen LogP contribution is 2.19. The van der Waals surface area contributed by atoms with Crippen molar-refractivity contribution in [3.05, 3.63) is 35.5 Å². The molecule has 1 aromatic heterocycles. The van der Waals surface area contributed by atoms with E-state index in [1.165, 1.54) is 5.56 Å². The lowest BCUT2D eigenvalue weighted by Crippen LogP contribution is -2.34. The van der Waals surface area contributed by atoms with Crippen LogP contribution in [0, 0.1) is 6.92 Å². The molecule has 0 aliphatic rings. The maximum atomic E-state index is 12.3. The summed E-state index contributed by atoms with van der Waals surface area (Å²) in [4.78, 5) is 15.6. The molecule has 0 aliphatic heterocycles. The molecule has 1 amide bonds. The fourth-order valence-electron chi connectivity index (χ4n) is 2.68. The molecule has 0 saturated carbocycles. The van der Waals surface area contributed by atoms with Crippen molar-refractivity contribution in [2.24, 2.45) is 0 Å². The number of amides is 1. The number of carbonyl (C=O) groups is 1. The van der Waals surface area contributed by atoms with Crippen molar-refractivity contribution in [3.63, 3.8) is 0 Å². The van der Waals surface area contributed by atoms with Crippen molar-refractivity contribution >= 4 is 16.8 Å². The number of benzene rings is 1. The Balaban J connectivity index is 2.16. The summed E-state index contributed by atoms with van der Waals surface area (Å²) in [5.74, 6) is 0.00694. The lowest BCUT2D eigenvalue weighted by molar-refractivity contribution is 0.0928. The summed E-state index contributed by atoms with van der Waals surface area (Å²) in [6.45, 7) is 6.37. The summed E-state index contributed by atoms with van der Waals surface area (Å²) in [6.07, 6.45) is 4.27. The normalized spacial score (nSPS) is 11.2. The molecule has 1 heterocycles. The minimum Gasteiger partial charge on any atom is -0.351 e. The highest BCUT2D eigenvalue weighted by Gasteiger charge is 2.14. The van der Waals surface area contributed by atoms with Gasteiger partial charge < -0.3 is 10.3 Å². The number of carbonyl (C=O) groups excluding carboxylic acids is 1. The van der Waals surface area contributed by atoms with Gasteiger partial charge >= 0.3 is 0 Å². The zero-order valence-corrected chi connectivity index (χ0v) is 12.6. The molecule has 0 saturated heterocycles. The van der Waals surface area contributed by atoms with Crippen LogP contribution in [-0.2, 0) is 0 Å². The molecule has 1 aromatic carbocycles. The topological polar surface area (TPSA) is 44.9 Å². The molecule has 2 N–H and O–H groups in total. The van der Waals surface area contributed by atoms with E-state index in [1.807, 2.05) is 18.2 Å². The second-order valence-corrected chi connectivity index (χ2v) is 5.47. The average molecular weight is 272 g/mol. The van der Waals surface area contributed by atoms with Crippen molar-refractivity contribution in [2.75, 3.05) is 0 Å². The molecule has 0 unspecified atom stereocenters. The Hall–Kier alpha value is -1.77. The van der Waals surface area contributed by atoms with Crippen molar-refractivity contribution in [1.82, 2.24) is 10.3 Å². The van der Waals surface area contributed by atoms with Crippen LogP contribution in [0.2, 0.25) is 0 Å². The first kappa shape index (κ1) is 14.6. The first-order valence-electron chi connectivity index (χ1n) is 7.54. The van der Waals surface area contributed by atoms with Gasteiger partial charge in [-0.3, -0.25) is 4.79 Å². The van der Waals surface area contributed by atoms with E-state index in [1.54, 1.807) is 0 Å². The number of aryl methyl sites for hydroxylation is 1. The van der Waals surface area contributed by atoms with Crippen LogP contribution in [0.15, 0.2) is 24.3 Å². The van der Waals surface area contributed by atoms with Crippen LogP contribution in [-0.4, -0.2) is 16.9 Å². The van der Waals surface area contributed by atoms with E-state index in [9.17, 15) is 4.79 Å². The summed E-state index contributed by atoms with van der Waals surface area (Å²) < 4.78 is 0. The Labute approximate surface area is 120 Å². The Morgan fingerprint density at radius 2 is 1.95 bits per heavy atom. The summed E-state index contributed by atoms with van der Waals surface area (Å²) in [6, 6.07) is 8.32. The molecule has 0 spiro atoms. The second kappa shape index (κ2) is 6.60. The number of aromatic amines is 1. The van der Waals surface area contributed by atoms with Crippen LogP contribution < -0.4 is 5.32 Å². The molecule has 108 valence electrons. The molecule has 2 rings (SSSR count). The van der Waals surface area contributed by atoms with E-state index in [-0.39, 0.29) is 11.9 Å². The van der Waals surface area contributed by atoms with Crippen molar-refractivity contribution in [3.8, 4) is 0 Å². The molecule has 3 heteroatoms. The number of fused-ring (bicyclic) bond motifs is 1. The molecule has 3 nitrogen and oxygen atoms in total. The number of hydrogen-bond acceptors (Lipinski definition) is 1. The van der Waals surface area contributed by atoms with E-state index in [2.05, 4.69) is 37.1 Å². The quantitative estimate of drug-likeness (QED) is 0.814. The van der Waals surface area contributed by atoms with Crippen LogP contribution in [0.4, 0.5) is 0 Å². The number of rotatable bonds is 6. The predicted molar refractivity (Wildman–Crippen MR) is 84.1 cm³/mol. The molecule has 20 heavy (non-hydrogen) atoms. The van der Waals surface area contributed by atoms with Gasteiger partial charge in [0.1, 0.15) is 5.69 Å². The molecule has 2 aromatic rings. The van der Waals surface area contributed by atoms with Crippen LogP contribution in [0.3, 0.4) is 0 Å². The van der Waals surface area contributed by atoms with E-state index in [0.29, 0.717) is 5.69 Å². The van der Waals surface area contributed by atoms with Gasteiger partial charge in [-0.2, -0.15) is 0 Å². The third-order valence-corrected chi connectivity index (χ3v) is 3.74. The van der Waals surface area contributed by atoms with Gasteiger partial charge in [-0.1, -0.05) is 38.8 Å². The van der Waals surface area contributed by atoms with Crippen molar-refractivity contribution in [1.29, 1.82) is 0 Å². The van der Waals surface area contributed by atoms with Gasteiger partial charge in [-0.25, -0.2) is 0 Å². The molecule has 0 bridgehead atoms. The Kier molecular flexibility index (Phi) is 4.83. The van der Waals surface area contributed by atoms with Gasteiger partial charge in [-0.15, -0.1) is 0 Å². The summed E-state index contributed by atoms with van der Waals surface area (Å²) >= 11 is 0. The van der Waals surface area contributed by atoms with E-state index in [4.69, 9.17) is 0 Å². The summed E-state index contributed by atoms with van der Waals surface area (Å²) in [5.41, 5.74) is 2.88. The molecular weight excluding hydrogens is 248 g/mol. The lowest BCUT2D eigenvalue weighted by Gasteiger charge is -2.16. The van der Waals surface area contributed by atoms with Gasteiger partial charge in [-0.05, 0) is 37.5 Å². The van der Waals surface area contributed by atoms with E-state index >= 15 is 0 Å². The summed E-state index contributed by atoms with van der Waals surface area (Å²) in [5, 5.41) is 4.27. The highest BCUT2D eigenvalue weighted by atomic mass is 16.1. The van der Waals surface area contributed by atoms with Gasteiger partial charge in [0.05, 0.1) is 0 Å². The fraction of sp³-hybridized carbons (Fsp3) is 0.471. The molecule has 0 atom stereocenters. The Morgan fingerprint density at radius 3 is 2.55 bits per heavy atom. The third-order valence-electron chi connectivity index (χ3n) is 3.74. The number of aromatic nitrogens is 1. The zero-order valence-electron chi connectivity index (χ0n) is 12.6. The van der Waals surface area contributed by atoms with Gasteiger partial charge in [0.2, 0.25) is 0 Å². The number of H-pyrrole nitrogens is 1. The number of hydrogen-bond donors (Lipinski definition) is 2. The zero-order chi connectivity index (χ0) is 14.5. The van der Waals surface area contributed by atoms with Crippen LogP contribution >= 0.6 is 0 Å². The standard InChI is InChI=1S/C17H24N2O/c1-4-7-13(8-5-2)18-17(20)16-11-14-12(3)9-6-10-15(14)19-16/h6,9-11,13,19H,4-5,7-8H2,1-3H3,(H,18,20). The monoisotopic (exact) mass is 272 g/mol. The highest BCUT2D eigenvalue weighted by molar-refractivity contribution is 5.98. The molecular formula is C17H24N2O. The lowest BCUT2D eigenvalue weighted by atomic mass is 10.1. The minimum atomic E-state index is 0.00694. The molecule has 0 aliphatic carbocycles. The van der Waals surface area contributed by atoms with Crippen molar-refractivity contribution < 1.29 is 4.79 Å². The second-order valence-electron chi connectivity index (χ2n) is 5.47. The SMILES string of the molecule is CCCC(CCC)NC(=O)c1cc2c(C)cccc2[nH]1. The maximum absolute atomic E-state index is 12.3. The van der Waals surface area contributed by atoms with Crippen LogP contribution in [0.5, 0.6) is 0 Å². The van der Waals surface area contributed by atoms with Gasteiger partial charge in [0.15, 0.2) is 0 Å². The van der Waals surface area contributed by atoms with Crippen LogP contribution in [0.1, 0.15) is 55.6 Å². The van der Waals surface area contributed by atoms with E-state index < -0.39 is 0 Å². The van der Waals surface area contributed by atoms with Gasteiger partial charge in [0.25, 0.3) is 5.91 Å². The predicted octanol–water partition coefficient (Wildman–Crippen LogP) is 4.17. The fourth-order valence-corrected chi connectivity index (χ4v) is 2.68. The van der Waals surface area contributed by atoms with E-state index in [0.717, 1.165) is 36.6 Å². The first-order chi connectivity index (χ1) is 9.65. The Morgan fingerprint density at radius 1 is 1.25 bits per heavy atom. The first-order valence-corrected chi connectivity index (χ1v) is 7.54. The molecule has 0 fully saturated rings. The minimum absolute atomic E-state index is 0.00694. The van der Waals surface area contributed by atoms with Gasteiger partial charge in [0, 0.05) is 16.9 Å². The van der Waals surface area contributed by atoms with Crippen LogP contribution in [0.25, 0.3) is 10.9 Å².